The summed E-state index contributed by atoms with van der Waals surface area (Å²) in [7, 11) is 3.17. The summed E-state index contributed by atoms with van der Waals surface area (Å²) in [6, 6.07) is 11.3. The maximum Gasteiger partial charge on any atom is 0.225 e. The number of rotatable bonds is 3. The third-order valence-corrected chi connectivity index (χ3v) is 4.08. The number of anilines is 1. The monoisotopic (exact) mass is 317 g/mol. The summed E-state index contributed by atoms with van der Waals surface area (Å²) < 4.78 is 10.7. The molecular formula is C17H16ClNO3. The number of hydrogen-bond acceptors (Lipinski definition) is 3. The quantitative estimate of drug-likeness (QED) is 0.936. The number of ether oxygens (including phenoxy) is 2. The molecule has 0 aromatic heterocycles. The van der Waals surface area contributed by atoms with Gasteiger partial charge in [-0.3, -0.25) is 4.79 Å². The van der Waals surface area contributed by atoms with Crippen molar-refractivity contribution in [3.05, 3.63) is 52.5 Å². The molecule has 5 heteroatoms. The number of hydrogen-bond donors (Lipinski definition) is 1. The van der Waals surface area contributed by atoms with Crippen LogP contribution in [0.2, 0.25) is 5.02 Å². The van der Waals surface area contributed by atoms with E-state index in [4.69, 9.17) is 21.1 Å². The van der Waals surface area contributed by atoms with Crippen LogP contribution in [0.15, 0.2) is 36.4 Å². The molecule has 0 spiro atoms. The van der Waals surface area contributed by atoms with E-state index in [0.29, 0.717) is 22.9 Å². The highest BCUT2D eigenvalue weighted by Crippen LogP contribution is 2.43. The van der Waals surface area contributed by atoms with E-state index in [-0.39, 0.29) is 11.8 Å². The summed E-state index contributed by atoms with van der Waals surface area (Å²) in [5, 5.41) is 3.55. The number of methoxy groups -OCH3 is 2. The first kappa shape index (κ1) is 14.7. The van der Waals surface area contributed by atoms with E-state index in [9.17, 15) is 4.79 Å². The number of carbonyl (C=O) groups is 1. The molecule has 0 saturated carbocycles. The molecule has 1 aliphatic rings. The van der Waals surface area contributed by atoms with E-state index < -0.39 is 0 Å². The number of fused-ring (bicyclic) bond motifs is 1. The lowest BCUT2D eigenvalue weighted by Crippen LogP contribution is -2.23. The predicted molar refractivity (Wildman–Crippen MR) is 86.1 cm³/mol. The second-order valence-electron chi connectivity index (χ2n) is 5.15. The topological polar surface area (TPSA) is 47.6 Å². The van der Waals surface area contributed by atoms with Crippen LogP contribution in [-0.2, 0) is 4.79 Å². The van der Waals surface area contributed by atoms with Gasteiger partial charge in [-0.1, -0.05) is 23.7 Å². The fourth-order valence-electron chi connectivity index (χ4n) is 2.81. The molecule has 0 radical (unpaired) electrons. The molecule has 0 unspecified atom stereocenters. The van der Waals surface area contributed by atoms with Gasteiger partial charge < -0.3 is 14.8 Å². The normalized spacial score (nSPS) is 16.7. The average Bonchev–Trinajstić information content (AvgIpc) is 2.52. The van der Waals surface area contributed by atoms with E-state index in [1.807, 2.05) is 30.3 Å². The van der Waals surface area contributed by atoms with Gasteiger partial charge in [-0.25, -0.2) is 0 Å². The predicted octanol–water partition coefficient (Wildman–Crippen LogP) is 3.83. The van der Waals surface area contributed by atoms with Crippen molar-refractivity contribution in [2.24, 2.45) is 0 Å². The molecule has 0 bridgehead atoms. The molecule has 1 amide bonds. The second-order valence-corrected chi connectivity index (χ2v) is 5.59. The van der Waals surface area contributed by atoms with Crippen LogP contribution in [0.3, 0.4) is 0 Å². The molecule has 1 N–H and O–H groups in total. The molecule has 2 aromatic carbocycles. The Kier molecular flexibility index (Phi) is 3.94. The minimum Gasteiger partial charge on any atom is -0.493 e. The maximum atomic E-state index is 12.0. The van der Waals surface area contributed by atoms with Crippen molar-refractivity contribution in [2.45, 2.75) is 12.3 Å². The molecule has 2 aromatic rings. The van der Waals surface area contributed by atoms with Crippen LogP contribution in [0, 0.1) is 0 Å². The first-order valence-electron chi connectivity index (χ1n) is 6.93. The van der Waals surface area contributed by atoms with E-state index in [1.54, 1.807) is 20.3 Å². The summed E-state index contributed by atoms with van der Waals surface area (Å²) in [6.45, 7) is 0. The van der Waals surface area contributed by atoms with E-state index >= 15 is 0 Å². The van der Waals surface area contributed by atoms with Gasteiger partial charge in [0.05, 0.1) is 14.2 Å². The molecule has 114 valence electrons. The van der Waals surface area contributed by atoms with E-state index in [0.717, 1.165) is 16.8 Å². The SMILES string of the molecule is COc1cc2c(cc1OC)[C@H](c1cccc(Cl)c1)CC(=O)N2. The highest BCUT2D eigenvalue weighted by atomic mass is 35.5. The Hall–Kier alpha value is -2.20. The fourth-order valence-corrected chi connectivity index (χ4v) is 3.01. The van der Waals surface area contributed by atoms with Crippen LogP contribution in [0.4, 0.5) is 5.69 Å². The zero-order valence-corrected chi connectivity index (χ0v) is 13.1. The van der Waals surface area contributed by atoms with Crippen LogP contribution >= 0.6 is 11.6 Å². The number of carbonyl (C=O) groups excluding carboxylic acids is 1. The minimum absolute atomic E-state index is 0.0234. The molecule has 0 fully saturated rings. The van der Waals surface area contributed by atoms with Crippen molar-refractivity contribution >= 4 is 23.2 Å². The van der Waals surface area contributed by atoms with Crippen molar-refractivity contribution in [1.29, 1.82) is 0 Å². The largest absolute Gasteiger partial charge is 0.493 e. The highest BCUT2D eigenvalue weighted by molar-refractivity contribution is 6.30. The number of amides is 1. The van der Waals surface area contributed by atoms with Crippen LogP contribution in [0.25, 0.3) is 0 Å². The lowest BCUT2D eigenvalue weighted by atomic mass is 9.84. The summed E-state index contributed by atoms with van der Waals surface area (Å²) >= 11 is 6.09. The van der Waals surface area contributed by atoms with Gasteiger partial charge in [0, 0.05) is 29.1 Å². The van der Waals surface area contributed by atoms with Crippen LogP contribution in [0.5, 0.6) is 11.5 Å². The summed E-state index contributed by atoms with van der Waals surface area (Å²) in [5.41, 5.74) is 2.76. The first-order valence-corrected chi connectivity index (χ1v) is 7.31. The third kappa shape index (κ3) is 2.62. The van der Waals surface area contributed by atoms with Gasteiger partial charge in [-0.05, 0) is 29.3 Å². The molecule has 4 nitrogen and oxygen atoms in total. The smallest absolute Gasteiger partial charge is 0.225 e. The third-order valence-electron chi connectivity index (χ3n) is 3.85. The van der Waals surface area contributed by atoms with Gasteiger partial charge >= 0.3 is 0 Å². The van der Waals surface area contributed by atoms with Crippen molar-refractivity contribution in [3.8, 4) is 11.5 Å². The average molecular weight is 318 g/mol. The maximum absolute atomic E-state index is 12.0. The Morgan fingerprint density at radius 2 is 1.86 bits per heavy atom. The van der Waals surface area contributed by atoms with Gasteiger partial charge in [-0.15, -0.1) is 0 Å². The number of halogens is 1. The van der Waals surface area contributed by atoms with Crippen LogP contribution in [0.1, 0.15) is 23.5 Å². The van der Waals surface area contributed by atoms with Crippen molar-refractivity contribution in [3.63, 3.8) is 0 Å². The molecular weight excluding hydrogens is 302 g/mol. The summed E-state index contributed by atoms with van der Waals surface area (Å²) in [6.07, 6.45) is 0.378. The highest BCUT2D eigenvalue weighted by Gasteiger charge is 2.28. The molecule has 3 rings (SSSR count). The Labute approximate surface area is 134 Å². The Morgan fingerprint density at radius 1 is 1.14 bits per heavy atom. The van der Waals surface area contributed by atoms with Crippen molar-refractivity contribution in [2.75, 3.05) is 19.5 Å². The molecule has 1 atom stereocenters. The van der Waals surface area contributed by atoms with Gasteiger partial charge in [0.2, 0.25) is 5.91 Å². The lowest BCUT2D eigenvalue weighted by molar-refractivity contribution is -0.116. The Bertz CT molecular complexity index is 730. The molecule has 1 heterocycles. The molecule has 0 saturated heterocycles. The van der Waals surface area contributed by atoms with E-state index in [2.05, 4.69) is 5.32 Å². The lowest BCUT2D eigenvalue weighted by Gasteiger charge is -2.27. The van der Waals surface area contributed by atoms with Gasteiger partial charge in [0.25, 0.3) is 0 Å². The summed E-state index contributed by atoms with van der Waals surface area (Å²) in [5.74, 6) is 1.16. The zero-order valence-electron chi connectivity index (χ0n) is 12.4. The number of nitrogens with one attached hydrogen (secondary N) is 1. The molecule has 22 heavy (non-hydrogen) atoms. The number of benzene rings is 2. The van der Waals surface area contributed by atoms with Crippen LogP contribution < -0.4 is 14.8 Å². The molecule has 1 aliphatic heterocycles. The summed E-state index contributed by atoms with van der Waals surface area (Å²) in [4.78, 5) is 12.0. The van der Waals surface area contributed by atoms with Crippen LogP contribution in [-0.4, -0.2) is 20.1 Å². The van der Waals surface area contributed by atoms with Gasteiger partial charge in [0.1, 0.15) is 0 Å². The zero-order chi connectivity index (χ0) is 15.7. The first-order chi connectivity index (χ1) is 10.6. The Balaban J connectivity index is 2.14. The van der Waals surface area contributed by atoms with Crippen molar-refractivity contribution < 1.29 is 14.3 Å². The van der Waals surface area contributed by atoms with Crippen molar-refractivity contribution in [1.82, 2.24) is 0 Å². The minimum atomic E-state index is -0.0535. The molecule has 0 aliphatic carbocycles. The standard InChI is InChI=1S/C17H16ClNO3/c1-21-15-7-13-12(10-4-3-5-11(18)6-10)8-17(20)19-14(13)9-16(15)22-2/h3-7,9,12H,8H2,1-2H3,(H,19,20)/t12-/m0/s1. The van der Waals surface area contributed by atoms with Gasteiger partial charge in [-0.2, -0.15) is 0 Å². The van der Waals surface area contributed by atoms with E-state index in [1.165, 1.54) is 0 Å². The fraction of sp³-hybridized carbons (Fsp3) is 0.235. The Morgan fingerprint density at radius 3 is 2.55 bits per heavy atom. The van der Waals surface area contributed by atoms with Gasteiger partial charge in [0.15, 0.2) is 11.5 Å². The second kappa shape index (κ2) is 5.89.